The van der Waals surface area contributed by atoms with Gasteiger partial charge in [0.1, 0.15) is 24.4 Å². The van der Waals surface area contributed by atoms with E-state index in [4.69, 9.17) is 14.2 Å². The summed E-state index contributed by atoms with van der Waals surface area (Å²) in [5.41, 5.74) is 0. The summed E-state index contributed by atoms with van der Waals surface area (Å²) >= 11 is 0. The molecule has 0 saturated carbocycles. The van der Waals surface area contributed by atoms with Crippen LogP contribution in [0.1, 0.15) is 194 Å². The molecule has 0 radical (unpaired) electrons. The normalized spacial score (nSPS) is 20.4. The smallest absolute Gasteiger partial charge is 0.306 e. The van der Waals surface area contributed by atoms with Gasteiger partial charge in [-0.2, -0.15) is 0 Å². The minimum absolute atomic E-state index is 0.0100. The van der Waals surface area contributed by atoms with E-state index in [1.54, 1.807) is 6.08 Å². The van der Waals surface area contributed by atoms with Gasteiger partial charge < -0.3 is 45.1 Å². The minimum Gasteiger partial charge on any atom is -0.454 e. The molecule has 8 atom stereocenters. The first-order valence-corrected chi connectivity index (χ1v) is 28.3. The van der Waals surface area contributed by atoms with E-state index < -0.39 is 67.4 Å². The zero-order valence-electron chi connectivity index (χ0n) is 45.4. The summed E-state index contributed by atoms with van der Waals surface area (Å²) in [6.45, 7) is 5.46. The quantitative estimate of drug-likeness (QED) is 0.0149. The summed E-state index contributed by atoms with van der Waals surface area (Å²) in [4.78, 5) is 26.4. The minimum atomic E-state index is -1.65. The maximum absolute atomic E-state index is 13.4. The number of unbranched alkanes of at least 4 members (excludes halogenated alkanes) is 15. The molecule has 0 aromatic carbocycles. The molecule has 1 aliphatic rings. The summed E-state index contributed by atoms with van der Waals surface area (Å²) < 4.78 is 17.5. The highest BCUT2D eigenvalue weighted by atomic mass is 16.7. The van der Waals surface area contributed by atoms with Crippen LogP contribution in [-0.2, 0) is 23.8 Å². The van der Waals surface area contributed by atoms with Gasteiger partial charge in [-0.3, -0.25) is 9.59 Å². The zero-order valence-corrected chi connectivity index (χ0v) is 45.4. The summed E-state index contributed by atoms with van der Waals surface area (Å²) in [5, 5.41) is 56.7. The van der Waals surface area contributed by atoms with E-state index in [1.165, 1.54) is 38.5 Å². The average molecular weight is 1020 g/mol. The molecule has 8 unspecified atom stereocenters. The molecule has 0 aromatic heterocycles. The first-order valence-electron chi connectivity index (χ1n) is 28.3. The van der Waals surface area contributed by atoms with Crippen LogP contribution in [0.3, 0.4) is 0 Å². The van der Waals surface area contributed by atoms with Gasteiger partial charge in [0.15, 0.2) is 12.4 Å². The van der Waals surface area contributed by atoms with Crippen molar-refractivity contribution in [1.82, 2.24) is 5.32 Å². The van der Waals surface area contributed by atoms with Crippen LogP contribution in [0.2, 0.25) is 0 Å². The molecule has 0 bridgehead atoms. The number of esters is 1. The van der Waals surface area contributed by atoms with Crippen LogP contribution in [0.25, 0.3) is 0 Å². The molecule has 11 heteroatoms. The number of aliphatic hydroxyl groups excluding tert-OH is 5. The number of hydrogen-bond donors (Lipinski definition) is 6. The Morgan fingerprint density at radius 2 is 1.05 bits per heavy atom. The highest BCUT2D eigenvalue weighted by Gasteiger charge is 2.47. The summed E-state index contributed by atoms with van der Waals surface area (Å²) in [7, 11) is 0. The van der Waals surface area contributed by atoms with Gasteiger partial charge in [-0.05, 0) is 83.5 Å². The molecule has 0 aliphatic carbocycles. The number of amides is 1. The van der Waals surface area contributed by atoms with Crippen LogP contribution in [0.15, 0.2) is 122 Å². The number of hydrogen-bond acceptors (Lipinski definition) is 10. The zero-order chi connectivity index (χ0) is 53.3. The first-order chi connectivity index (χ1) is 35.7. The second-order valence-corrected chi connectivity index (χ2v) is 19.0. The molecule has 1 rings (SSSR count). The second-order valence-electron chi connectivity index (χ2n) is 19.0. The molecule has 1 saturated heterocycles. The Morgan fingerprint density at radius 3 is 1.60 bits per heavy atom. The molecule has 73 heavy (non-hydrogen) atoms. The van der Waals surface area contributed by atoms with Crippen molar-refractivity contribution in [3.63, 3.8) is 0 Å². The Bertz CT molecular complexity index is 1640. The van der Waals surface area contributed by atoms with E-state index in [9.17, 15) is 35.1 Å². The largest absolute Gasteiger partial charge is 0.454 e. The van der Waals surface area contributed by atoms with E-state index in [-0.39, 0.29) is 19.4 Å². The fraction of sp³-hybridized carbons (Fsp3) is 0.645. The molecule has 1 heterocycles. The number of allylic oxidation sites excluding steroid dienone is 19. The molecule has 0 aromatic rings. The SMILES string of the molecule is CC/C=C\C/C=C\C/C=C\C/C=C\C/C=C\C/C=C\CCC(=O)OC1C(OCC(NC(=O)C(O)CCCCCCCC/C=C/C=C/C=C/CC)C(O)/C=C/CCCCCCCCCCC)OC(CO)C(O)C1O. The second kappa shape index (κ2) is 49.0. The lowest BCUT2D eigenvalue weighted by atomic mass is 9.99. The fourth-order valence-corrected chi connectivity index (χ4v) is 7.97. The van der Waals surface area contributed by atoms with Gasteiger partial charge in [-0.25, -0.2) is 0 Å². The van der Waals surface area contributed by atoms with Crippen molar-refractivity contribution in [2.45, 2.75) is 243 Å². The standard InChI is InChI=1S/C62H101NO10/c1-4-7-10-13-16-19-22-24-26-27-28-29-30-32-35-38-41-44-47-50-57(67)73-60-59(69)58(68)56(51-64)72-62(60)71-52-53(54(65)48-45-42-39-36-33-21-18-15-12-9-6-3)63-61(70)55(66)49-46-43-40-37-34-31-25-23-20-17-14-11-8-5-2/h7-8,10-11,14,16-17,19-20,23-24,26,28-29,32,35,41,44-45,48,53-56,58-60,62,64-66,68-69H,4-6,9,12-13,15,18,21-22,25,27,30-31,33-34,36-40,42-43,46-47,49-52H2,1-3H3,(H,63,70)/b10-7-,11-8+,17-14+,19-16-,23-20+,26-24-,29-28-,35-32-,44-41-,48-45+. The van der Waals surface area contributed by atoms with Crippen molar-refractivity contribution in [3.8, 4) is 0 Å². The Labute approximate surface area is 442 Å². The lowest BCUT2D eigenvalue weighted by Gasteiger charge is -2.41. The average Bonchev–Trinajstić information content (AvgIpc) is 3.39. The van der Waals surface area contributed by atoms with Gasteiger partial charge in [0.25, 0.3) is 0 Å². The van der Waals surface area contributed by atoms with Crippen molar-refractivity contribution >= 4 is 11.9 Å². The lowest BCUT2D eigenvalue weighted by Crippen LogP contribution is -2.61. The van der Waals surface area contributed by atoms with Gasteiger partial charge in [0.2, 0.25) is 5.91 Å². The molecular formula is C62H101NO10. The highest BCUT2D eigenvalue weighted by molar-refractivity contribution is 5.80. The van der Waals surface area contributed by atoms with Gasteiger partial charge in [0.05, 0.1) is 25.4 Å². The fourth-order valence-electron chi connectivity index (χ4n) is 7.97. The molecule has 11 nitrogen and oxygen atoms in total. The van der Waals surface area contributed by atoms with Crippen LogP contribution in [-0.4, -0.2) is 99.6 Å². The Kier molecular flexibility index (Phi) is 45.0. The van der Waals surface area contributed by atoms with Crippen molar-refractivity contribution in [2.75, 3.05) is 13.2 Å². The van der Waals surface area contributed by atoms with Crippen molar-refractivity contribution in [1.29, 1.82) is 0 Å². The van der Waals surface area contributed by atoms with E-state index in [1.807, 2.05) is 36.5 Å². The van der Waals surface area contributed by atoms with Crippen molar-refractivity contribution < 1.29 is 49.3 Å². The van der Waals surface area contributed by atoms with Gasteiger partial charge in [-0.15, -0.1) is 0 Å². The van der Waals surface area contributed by atoms with Crippen LogP contribution in [0.5, 0.6) is 0 Å². The van der Waals surface area contributed by atoms with E-state index >= 15 is 0 Å². The molecule has 1 aliphatic heterocycles. The number of carbonyl (C=O) groups excluding carboxylic acids is 2. The maximum Gasteiger partial charge on any atom is 0.306 e. The highest BCUT2D eigenvalue weighted by Crippen LogP contribution is 2.26. The van der Waals surface area contributed by atoms with Gasteiger partial charge >= 0.3 is 5.97 Å². The maximum atomic E-state index is 13.4. The van der Waals surface area contributed by atoms with Crippen LogP contribution in [0.4, 0.5) is 0 Å². The third-order valence-electron chi connectivity index (χ3n) is 12.4. The number of nitrogens with one attached hydrogen (secondary N) is 1. The molecule has 414 valence electrons. The molecule has 1 amide bonds. The number of carbonyl (C=O) groups is 2. The first kappa shape index (κ1) is 67.1. The Morgan fingerprint density at radius 1 is 0.562 bits per heavy atom. The van der Waals surface area contributed by atoms with Gasteiger partial charge in [-0.1, -0.05) is 226 Å². The summed E-state index contributed by atoms with van der Waals surface area (Å²) in [6, 6.07) is -1.05. The predicted molar refractivity (Wildman–Crippen MR) is 301 cm³/mol. The predicted octanol–water partition coefficient (Wildman–Crippen LogP) is 12.7. The number of aliphatic hydroxyl groups is 5. The van der Waals surface area contributed by atoms with Gasteiger partial charge in [0, 0.05) is 6.42 Å². The number of rotatable bonds is 45. The summed E-state index contributed by atoms with van der Waals surface area (Å²) in [5.74, 6) is -1.31. The third-order valence-corrected chi connectivity index (χ3v) is 12.4. The van der Waals surface area contributed by atoms with E-state index in [0.717, 1.165) is 103 Å². The topological polar surface area (TPSA) is 175 Å². The summed E-state index contributed by atoms with van der Waals surface area (Å²) in [6.07, 6.45) is 56.8. The lowest BCUT2D eigenvalue weighted by molar-refractivity contribution is -0.305. The Hall–Kier alpha value is -3.94. The third kappa shape index (κ3) is 37.4. The van der Waals surface area contributed by atoms with Crippen LogP contribution < -0.4 is 5.32 Å². The molecular weight excluding hydrogens is 919 g/mol. The van der Waals surface area contributed by atoms with Crippen molar-refractivity contribution in [3.05, 3.63) is 122 Å². The van der Waals surface area contributed by atoms with Crippen LogP contribution in [0, 0.1) is 0 Å². The monoisotopic (exact) mass is 1020 g/mol. The van der Waals surface area contributed by atoms with E-state index in [2.05, 4.69) is 105 Å². The molecule has 0 spiro atoms. The number of ether oxygens (including phenoxy) is 3. The van der Waals surface area contributed by atoms with Crippen LogP contribution >= 0.6 is 0 Å². The molecule has 6 N–H and O–H groups in total. The van der Waals surface area contributed by atoms with Crippen molar-refractivity contribution in [2.24, 2.45) is 0 Å². The van der Waals surface area contributed by atoms with E-state index in [0.29, 0.717) is 19.3 Å². The molecule has 1 fully saturated rings. The Balaban J connectivity index is 2.78.